The normalized spacial score (nSPS) is 43.1. The average molecular weight is 240 g/mol. The van der Waals surface area contributed by atoms with E-state index in [0.717, 1.165) is 12.8 Å². The number of hydrogen-bond donors (Lipinski definition) is 2. The number of carboxylic acids is 1. The SMILES string of the molecule is CC1(C)[C@@H]2CC[C@]1(C)C(=O)[C@]2(O)CCC(=O)O. The van der Waals surface area contributed by atoms with Crippen molar-refractivity contribution in [1.82, 2.24) is 0 Å². The maximum atomic E-state index is 12.4. The maximum absolute atomic E-state index is 12.4. The van der Waals surface area contributed by atoms with Crippen molar-refractivity contribution in [3.8, 4) is 0 Å². The first kappa shape index (κ1) is 12.6. The van der Waals surface area contributed by atoms with Crippen LogP contribution in [0.3, 0.4) is 0 Å². The summed E-state index contributed by atoms with van der Waals surface area (Å²) < 4.78 is 0. The molecule has 0 aromatic rings. The first-order valence-corrected chi connectivity index (χ1v) is 6.15. The van der Waals surface area contributed by atoms with Gasteiger partial charge in [0, 0.05) is 17.8 Å². The lowest BCUT2D eigenvalue weighted by Crippen LogP contribution is -2.46. The summed E-state index contributed by atoms with van der Waals surface area (Å²) in [5.41, 5.74) is -2.16. The topological polar surface area (TPSA) is 74.6 Å². The molecule has 0 aliphatic heterocycles. The molecule has 4 heteroatoms. The minimum Gasteiger partial charge on any atom is -0.481 e. The van der Waals surface area contributed by atoms with Gasteiger partial charge in [0.2, 0.25) is 0 Å². The molecule has 0 aromatic heterocycles. The highest BCUT2D eigenvalue weighted by Gasteiger charge is 2.72. The summed E-state index contributed by atoms with van der Waals surface area (Å²) in [5.74, 6) is -1.21. The van der Waals surface area contributed by atoms with Crippen LogP contribution in [0.4, 0.5) is 0 Å². The molecular weight excluding hydrogens is 220 g/mol. The van der Waals surface area contributed by atoms with Crippen LogP contribution in [0.5, 0.6) is 0 Å². The number of carbonyl (C=O) groups excluding carboxylic acids is 1. The van der Waals surface area contributed by atoms with E-state index in [1.54, 1.807) is 0 Å². The number of aliphatic carboxylic acids is 1. The lowest BCUT2D eigenvalue weighted by Gasteiger charge is -2.32. The van der Waals surface area contributed by atoms with E-state index in [4.69, 9.17) is 5.11 Å². The summed E-state index contributed by atoms with van der Waals surface area (Å²) in [6.45, 7) is 5.94. The van der Waals surface area contributed by atoms with Gasteiger partial charge in [-0.15, -0.1) is 0 Å². The monoisotopic (exact) mass is 240 g/mol. The molecule has 17 heavy (non-hydrogen) atoms. The Morgan fingerprint density at radius 1 is 1.41 bits per heavy atom. The second kappa shape index (κ2) is 3.31. The van der Waals surface area contributed by atoms with E-state index < -0.39 is 17.0 Å². The third kappa shape index (κ3) is 1.33. The lowest BCUT2D eigenvalue weighted by molar-refractivity contribution is -0.149. The highest BCUT2D eigenvalue weighted by molar-refractivity contribution is 5.97. The van der Waals surface area contributed by atoms with E-state index in [1.165, 1.54) is 0 Å². The van der Waals surface area contributed by atoms with Crippen LogP contribution in [0.2, 0.25) is 0 Å². The molecule has 2 aliphatic rings. The summed E-state index contributed by atoms with van der Waals surface area (Å²) in [7, 11) is 0. The average Bonchev–Trinajstić information content (AvgIpc) is 2.51. The highest BCUT2D eigenvalue weighted by Crippen LogP contribution is 2.67. The van der Waals surface area contributed by atoms with Crippen molar-refractivity contribution < 1.29 is 19.8 Å². The van der Waals surface area contributed by atoms with Crippen molar-refractivity contribution in [2.75, 3.05) is 0 Å². The molecule has 0 amide bonds. The number of ketones is 1. The van der Waals surface area contributed by atoms with Crippen LogP contribution >= 0.6 is 0 Å². The van der Waals surface area contributed by atoms with Crippen LogP contribution in [0.25, 0.3) is 0 Å². The molecule has 2 N–H and O–H groups in total. The first-order chi connectivity index (χ1) is 7.66. The predicted octanol–water partition coefficient (Wildman–Crippen LogP) is 1.61. The van der Waals surface area contributed by atoms with Crippen LogP contribution in [0.15, 0.2) is 0 Å². The van der Waals surface area contributed by atoms with Gasteiger partial charge in [-0.2, -0.15) is 0 Å². The second-order valence-corrected chi connectivity index (χ2v) is 6.29. The molecule has 4 nitrogen and oxygen atoms in total. The molecule has 0 unspecified atom stereocenters. The maximum Gasteiger partial charge on any atom is 0.303 e. The van der Waals surface area contributed by atoms with E-state index in [1.807, 2.05) is 20.8 Å². The smallest absolute Gasteiger partial charge is 0.303 e. The van der Waals surface area contributed by atoms with E-state index in [0.29, 0.717) is 0 Å². The van der Waals surface area contributed by atoms with Gasteiger partial charge in [0.1, 0.15) is 5.60 Å². The van der Waals surface area contributed by atoms with Crippen molar-refractivity contribution in [3.05, 3.63) is 0 Å². The minimum atomic E-state index is -1.42. The van der Waals surface area contributed by atoms with Gasteiger partial charge in [-0.05, 0) is 24.7 Å². The van der Waals surface area contributed by atoms with Crippen LogP contribution in [-0.2, 0) is 9.59 Å². The summed E-state index contributed by atoms with van der Waals surface area (Å²) in [5, 5.41) is 19.3. The Morgan fingerprint density at radius 3 is 2.41 bits per heavy atom. The van der Waals surface area contributed by atoms with Crippen LogP contribution in [0, 0.1) is 16.7 Å². The predicted molar refractivity (Wildman–Crippen MR) is 61.4 cm³/mol. The standard InChI is InChI=1S/C13H20O4/c1-11(2)8-4-6-12(11,3)10(16)13(8,17)7-5-9(14)15/h8,17H,4-7H2,1-3H3,(H,14,15)/t8-,12+,13-/m0/s1. The third-order valence-corrected chi connectivity index (χ3v) is 5.42. The van der Waals surface area contributed by atoms with Crippen molar-refractivity contribution in [1.29, 1.82) is 0 Å². The number of Topliss-reactive ketones (excluding diaryl/α,β-unsaturated/α-hetero) is 1. The van der Waals surface area contributed by atoms with E-state index in [9.17, 15) is 14.7 Å². The van der Waals surface area contributed by atoms with E-state index in [2.05, 4.69) is 0 Å². The quantitative estimate of drug-likeness (QED) is 0.786. The van der Waals surface area contributed by atoms with Crippen LogP contribution in [-0.4, -0.2) is 27.6 Å². The van der Waals surface area contributed by atoms with Gasteiger partial charge in [0.15, 0.2) is 5.78 Å². The van der Waals surface area contributed by atoms with Crippen molar-refractivity contribution in [2.45, 2.75) is 52.1 Å². The Morgan fingerprint density at radius 2 is 2.00 bits per heavy atom. The summed E-state index contributed by atoms with van der Waals surface area (Å²) in [4.78, 5) is 23.0. The number of carbonyl (C=O) groups is 2. The zero-order chi connectivity index (χ0) is 13.1. The van der Waals surface area contributed by atoms with Crippen molar-refractivity contribution in [2.24, 2.45) is 16.7 Å². The molecule has 2 fully saturated rings. The van der Waals surface area contributed by atoms with E-state index >= 15 is 0 Å². The molecule has 2 bridgehead atoms. The molecule has 2 rings (SSSR count). The Kier molecular flexibility index (Phi) is 2.45. The van der Waals surface area contributed by atoms with Gasteiger partial charge in [-0.25, -0.2) is 0 Å². The Hall–Kier alpha value is -0.900. The molecule has 2 aliphatic carbocycles. The molecule has 96 valence electrons. The second-order valence-electron chi connectivity index (χ2n) is 6.29. The molecular formula is C13H20O4. The molecule has 0 heterocycles. The summed E-state index contributed by atoms with van der Waals surface area (Å²) in [6.07, 6.45) is 1.51. The molecule has 0 spiro atoms. The van der Waals surface area contributed by atoms with Crippen molar-refractivity contribution in [3.63, 3.8) is 0 Å². The molecule has 3 atom stereocenters. The third-order valence-electron chi connectivity index (χ3n) is 5.42. The number of carboxylic acid groups (broad SMARTS) is 1. The first-order valence-electron chi connectivity index (χ1n) is 6.15. The van der Waals surface area contributed by atoms with Gasteiger partial charge in [-0.1, -0.05) is 20.8 Å². The highest BCUT2D eigenvalue weighted by atomic mass is 16.4. The van der Waals surface area contributed by atoms with Crippen molar-refractivity contribution >= 4 is 11.8 Å². The lowest BCUT2D eigenvalue weighted by atomic mass is 9.70. The Labute approximate surface area is 101 Å². The molecule has 0 saturated heterocycles. The zero-order valence-electron chi connectivity index (χ0n) is 10.6. The Balaban J connectivity index is 2.33. The summed E-state index contributed by atoms with van der Waals surface area (Å²) >= 11 is 0. The van der Waals surface area contributed by atoms with Gasteiger partial charge in [-0.3, -0.25) is 9.59 Å². The molecule has 0 aromatic carbocycles. The number of fused-ring (bicyclic) bond motifs is 2. The van der Waals surface area contributed by atoms with Gasteiger partial charge in [0.05, 0.1) is 0 Å². The summed E-state index contributed by atoms with van der Waals surface area (Å²) in [6, 6.07) is 0. The number of rotatable bonds is 3. The fourth-order valence-corrected chi connectivity index (χ4v) is 3.96. The van der Waals surface area contributed by atoms with Crippen LogP contribution < -0.4 is 0 Å². The number of aliphatic hydroxyl groups is 1. The van der Waals surface area contributed by atoms with E-state index in [-0.39, 0.29) is 30.0 Å². The van der Waals surface area contributed by atoms with Gasteiger partial charge < -0.3 is 10.2 Å². The van der Waals surface area contributed by atoms with Crippen LogP contribution in [0.1, 0.15) is 46.5 Å². The minimum absolute atomic E-state index is 0.0465. The van der Waals surface area contributed by atoms with Gasteiger partial charge in [0.25, 0.3) is 0 Å². The Bertz CT molecular complexity index is 387. The zero-order valence-corrected chi connectivity index (χ0v) is 10.6. The molecule has 2 saturated carbocycles. The number of hydrogen-bond acceptors (Lipinski definition) is 3. The largest absolute Gasteiger partial charge is 0.481 e. The fraction of sp³-hybridized carbons (Fsp3) is 0.846. The van der Waals surface area contributed by atoms with Gasteiger partial charge >= 0.3 is 5.97 Å². The fourth-order valence-electron chi connectivity index (χ4n) is 3.96. The molecule has 0 radical (unpaired) electrons.